The summed E-state index contributed by atoms with van der Waals surface area (Å²) in [4.78, 5) is 21.0. The lowest BCUT2D eigenvalue weighted by Gasteiger charge is -2.17. The number of thioether (sulfide) groups is 1. The molecule has 2 aromatic rings. The molecule has 0 aliphatic rings. The van der Waals surface area contributed by atoms with E-state index in [0.717, 1.165) is 34.0 Å². The summed E-state index contributed by atoms with van der Waals surface area (Å²) >= 11 is 1.48. The van der Waals surface area contributed by atoms with E-state index in [1.807, 2.05) is 33.8 Å². The van der Waals surface area contributed by atoms with Gasteiger partial charge in [0, 0.05) is 11.4 Å². The van der Waals surface area contributed by atoms with Crippen LogP contribution in [0.15, 0.2) is 29.6 Å². The van der Waals surface area contributed by atoms with Crippen molar-refractivity contribution in [3.63, 3.8) is 0 Å². The second-order valence-electron chi connectivity index (χ2n) is 5.78. The van der Waals surface area contributed by atoms with Gasteiger partial charge in [-0.25, -0.2) is 9.97 Å². The Morgan fingerprint density at radius 3 is 2.35 bits per heavy atom. The Balaban J connectivity index is 2.15. The molecule has 5 heteroatoms. The molecule has 0 aliphatic heterocycles. The van der Waals surface area contributed by atoms with Crippen molar-refractivity contribution in [3.8, 4) is 0 Å². The standard InChI is InChI=1S/C18H23N3OS/c1-6-15(23-16-9-14(5)19-10-20-16)18(22)21-17-12(3)7-11(2)8-13(17)4/h7-10,15H,6H2,1-5H3,(H,21,22). The molecule has 4 nitrogen and oxygen atoms in total. The fourth-order valence-corrected chi connectivity index (χ4v) is 3.51. The van der Waals surface area contributed by atoms with Gasteiger partial charge in [-0.3, -0.25) is 4.79 Å². The lowest BCUT2D eigenvalue weighted by atomic mass is 10.0. The van der Waals surface area contributed by atoms with E-state index in [-0.39, 0.29) is 11.2 Å². The van der Waals surface area contributed by atoms with Crippen LogP contribution < -0.4 is 5.32 Å². The molecule has 1 heterocycles. The topological polar surface area (TPSA) is 54.9 Å². The third-order valence-corrected chi connectivity index (χ3v) is 4.93. The number of hydrogen-bond donors (Lipinski definition) is 1. The van der Waals surface area contributed by atoms with Gasteiger partial charge < -0.3 is 5.32 Å². The molecular weight excluding hydrogens is 306 g/mol. The smallest absolute Gasteiger partial charge is 0.237 e. The average molecular weight is 329 g/mol. The summed E-state index contributed by atoms with van der Waals surface area (Å²) in [5.74, 6) is 0.0174. The molecule has 1 atom stereocenters. The molecule has 1 aromatic carbocycles. The van der Waals surface area contributed by atoms with Gasteiger partial charge in [0.15, 0.2) is 0 Å². The van der Waals surface area contributed by atoms with Crippen molar-refractivity contribution in [2.24, 2.45) is 0 Å². The predicted octanol–water partition coefficient (Wildman–Crippen LogP) is 4.22. The van der Waals surface area contributed by atoms with Crippen molar-refractivity contribution in [1.29, 1.82) is 0 Å². The average Bonchev–Trinajstić information content (AvgIpc) is 2.48. The highest BCUT2D eigenvalue weighted by Gasteiger charge is 2.20. The summed E-state index contributed by atoms with van der Waals surface area (Å²) in [7, 11) is 0. The number of carbonyl (C=O) groups excluding carboxylic acids is 1. The van der Waals surface area contributed by atoms with Crippen molar-refractivity contribution in [3.05, 3.63) is 46.9 Å². The number of anilines is 1. The molecule has 1 unspecified atom stereocenters. The highest BCUT2D eigenvalue weighted by Crippen LogP contribution is 2.27. The number of nitrogens with one attached hydrogen (secondary N) is 1. The van der Waals surface area contributed by atoms with Crippen LogP contribution in [-0.4, -0.2) is 21.1 Å². The summed E-state index contributed by atoms with van der Waals surface area (Å²) in [6.07, 6.45) is 2.28. The minimum atomic E-state index is -0.176. The maximum atomic E-state index is 12.6. The van der Waals surface area contributed by atoms with Crippen LogP contribution in [0.25, 0.3) is 0 Å². The van der Waals surface area contributed by atoms with Crippen molar-refractivity contribution >= 4 is 23.4 Å². The number of aryl methyl sites for hydroxylation is 4. The zero-order valence-electron chi connectivity index (χ0n) is 14.3. The van der Waals surface area contributed by atoms with E-state index in [4.69, 9.17) is 0 Å². The Kier molecular flexibility index (Phi) is 5.77. The quantitative estimate of drug-likeness (QED) is 0.659. The fraction of sp³-hybridized carbons (Fsp3) is 0.389. The zero-order chi connectivity index (χ0) is 17.0. The molecule has 0 radical (unpaired) electrons. The van der Waals surface area contributed by atoms with Crippen LogP contribution in [0, 0.1) is 27.7 Å². The third-order valence-electron chi connectivity index (χ3n) is 3.63. The van der Waals surface area contributed by atoms with Crippen molar-refractivity contribution in [2.75, 3.05) is 5.32 Å². The van der Waals surface area contributed by atoms with E-state index in [9.17, 15) is 4.79 Å². The maximum Gasteiger partial charge on any atom is 0.237 e. The summed E-state index contributed by atoms with van der Waals surface area (Å²) in [6.45, 7) is 10.1. The summed E-state index contributed by atoms with van der Waals surface area (Å²) < 4.78 is 0. The van der Waals surface area contributed by atoms with Gasteiger partial charge in [-0.05, 0) is 51.3 Å². The zero-order valence-corrected chi connectivity index (χ0v) is 15.1. The van der Waals surface area contributed by atoms with Gasteiger partial charge in [0.05, 0.1) is 5.25 Å². The molecular formula is C18H23N3OS. The van der Waals surface area contributed by atoms with Crippen molar-refractivity contribution < 1.29 is 4.79 Å². The number of nitrogens with zero attached hydrogens (tertiary/aromatic N) is 2. The molecule has 0 fully saturated rings. The van der Waals surface area contributed by atoms with E-state index in [0.29, 0.717) is 0 Å². The Bertz CT molecular complexity index is 692. The van der Waals surface area contributed by atoms with E-state index in [1.165, 1.54) is 23.7 Å². The molecule has 0 saturated carbocycles. The summed E-state index contributed by atoms with van der Waals surface area (Å²) in [5, 5.41) is 3.74. The second kappa shape index (κ2) is 7.59. The molecule has 0 spiro atoms. The monoisotopic (exact) mass is 329 g/mol. The predicted molar refractivity (Wildman–Crippen MR) is 96.0 cm³/mol. The number of carbonyl (C=O) groups is 1. The van der Waals surface area contributed by atoms with Crippen LogP contribution in [0.2, 0.25) is 0 Å². The first-order valence-electron chi connectivity index (χ1n) is 7.74. The highest BCUT2D eigenvalue weighted by molar-refractivity contribution is 8.00. The van der Waals surface area contributed by atoms with E-state index < -0.39 is 0 Å². The van der Waals surface area contributed by atoms with E-state index in [2.05, 4.69) is 34.3 Å². The van der Waals surface area contributed by atoms with Crippen LogP contribution in [0.4, 0.5) is 5.69 Å². The van der Waals surface area contributed by atoms with Gasteiger partial charge in [0.1, 0.15) is 11.4 Å². The van der Waals surface area contributed by atoms with Gasteiger partial charge in [0.25, 0.3) is 0 Å². The Morgan fingerprint density at radius 1 is 1.13 bits per heavy atom. The first-order chi connectivity index (χ1) is 10.9. The number of aromatic nitrogens is 2. The maximum absolute atomic E-state index is 12.6. The SMILES string of the molecule is CCC(Sc1cc(C)ncn1)C(=O)Nc1c(C)cc(C)cc1C. The number of rotatable bonds is 5. The molecule has 0 saturated heterocycles. The molecule has 1 N–H and O–H groups in total. The summed E-state index contributed by atoms with van der Waals surface area (Å²) in [6, 6.07) is 6.08. The molecule has 2 rings (SSSR count). The van der Waals surface area contributed by atoms with Crippen LogP contribution in [0.3, 0.4) is 0 Å². The minimum Gasteiger partial charge on any atom is -0.325 e. The molecule has 1 aromatic heterocycles. The van der Waals surface area contributed by atoms with Gasteiger partial charge in [-0.15, -0.1) is 0 Å². The highest BCUT2D eigenvalue weighted by atomic mass is 32.2. The van der Waals surface area contributed by atoms with Crippen LogP contribution in [-0.2, 0) is 4.79 Å². The van der Waals surface area contributed by atoms with Gasteiger partial charge >= 0.3 is 0 Å². The lowest BCUT2D eigenvalue weighted by molar-refractivity contribution is -0.115. The van der Waals surface area contributed by atoms with E-state index in [1.54, 1.807) is 0 Å². The first kappa shape index (κ1) is 17.5. The number of hydrogen-bond acceptors (Lipinski definition) is 4. The lowest BCUT2D eigenvalue weighted by Crippen LogP contribution is -2.25. The Labute approximate surface area is 142 Å². The van der Waals surface area contributed by atoms with Crippen molar-refractivity contribution in [2.45, 2.75) is 51.3 Å². The molecule has 0 aliphatic carbocycles. The third kappa shape index (κ3) is 4.55. The second-order valence-corrected chi connectivity index (χ2v) is 7.00. The van der Waals surface area contributed by atoms with Crippen LogP contribution in [0.5, 0.6) is 0 Å². The fourth-order valence-electron chi connectivity index (χ4n) is 2.54. The van der Waals surface area contributed by atoms with Crippen molar-refractivity contribution in [1.82, 2.24) is 9.97 Å². The number of amides is 1. The Morgan fingerprint density at radius 2 is 1.78 bits per heavy atom. The normalized spacial score (nSPS) is 12.0. The minimum absolute atomic E-state index is 0.0174. The molecule has 1 amide bonds. The van der Waals surface area contributed by atoms with Crippen LogP contribution in [0.1, 0.15) is 35.7 Å². The van der Waals surface area contributed by atoms with Crippen LogP contribution >= 0.6 is 11.8 Å². The van der Waals surface area contributed by atoms with E-state index >= 15 is 0 Å². The number of benzene rings is 1. The molecule has 0 bridgehead atoms. The summed E-state index contributed by atoms with van der Waals surface area (Å²) in [5.41, 5.74) is 5.21. The first-order valence-corrected chi connectivity index (χ1v) is 8.62. The van der Waals surface area contributed by atoms with Gasteiger partial charge in [0.2, 0.25) is 5.91 Å². The Hall–Kier alpha value is -1.88. The molecule has 23 heavy (non-hydrogen) atoms. The van der Waals surface area contributed by atoms with Gasteiger partial charge in [-0.2, -0.15) is 0 Å². The largest absolute Gasteiger partial charge is 0.325 e. The molecule has 122 valence electrons. The van der Waals surface area contributed by atoms with Gasteiger partial charge in [-0.1, -0.05) is 36.4 Å².